The Hall–Kier alpha value is -3.94. The number of nitrogens with zero attached hydrogens (tertiary/aromatic N) is 2. The second kappa shape index (κ2) is 17.9. The number of rotatable bonds is 16. The summed E-state index contributed by atoms with van der Waals surface area (Å²) in [6, 6.07) is 19.4. The Morgan fingerprint density at radius 2 is 1.80 bits per heavy atom. The predicted molar refractivity (Wildman–Crippen MR) is 217 cm³/mol. The van der Waals surface area contributed by atoms with Crippen molar-refractivity contribution in [2.24, 2.45) is 5.92 Å². The Kier molecular flexibility index (Phi) is 13.2. The Balaban J connectivity index is 1.36. The second-order valence-electron chi connectivity index (χ2n) is 15.7. The molecule has 12 heteroatoms. The fourth-order valence-corrected chi connectivity index (χ4v) is 12.2. The molecule has 6 atom stereocenters. The van der Waals surface area contributed by atoms with Crippen LogP contribution in [0.5, 0.6) is 17.2 Å². The molecule has 11 nitrogen and oxygen atoms in total. The highest BCUT2D eigenvalue weighted by atomic mass is 28.3. The highest BCUT2D eigenvalue weighted by molar-refractivity contribution is 6.91. The van der Waals surface area contributed by atoms with Gasteiger partial charge in [0.25, 0.3) is 0 Å². The smallest absolute Gasteiger partial charge is 0.249 e. The van der Waals surface area contributed by atoms with E-state index < -0.39 is 14.1 Å². The molecule has 3 aliphatic rings. The quantitative estimate of drug-likeness (QED) is 0.128. The number of unbranched alkanes of at least 4 members (excludes halogenated alkanes) is 1. The molecule has 1 fully saturated rings. The monoisotopic (exact) mass is 773 g/mol. The summed E-state index contributed by atoms with van der Waals surface area (Å²) in [6.45, 7) is 10.6. The molecule has 298 valence electrons. The average molecular weight is 774 g/mol. The minimum atomic E-state index is -2.43. The van der Waals surface area contributed by atoms with Gasteiger partial charge in [0.2, 0.25) is 11.8 Å². The van der Waals surface area contributed by atoms with Crippen molar-refractivity contribution < 1.29 is 38.7 Å². The minimum Gasteiger partial charge on any atom is -0.497 e. The Bertz CT molecular complexity index is 1790. The van der Waals surface area contributed by atoms with Gasteiger partial charge < -0.3 is 39.4 Å². The van der Waals surface area contributed by atoms with Crippen LogP contribution in [-0.4, -0.2) is 100 Å². The number of hydrogen-bond acceptors (Lipinski definition) is 9. The molecule has 3 aromatic rings. The molecule has 55 heavy (non-hydrogen) atoms. The Morgan fingerprint density at radius 1 is 1.04 bits per heavy atom. The maximum Gasteiger partial charge on any atom is 0.249 e. The predicted octanol–water partition coefficient (Wildman–Crippen LogP) is 5.49. The van der Waals surface area contributed by atoms with Gasteiger partial charge in [-0.25, -0.2) is 0 Å². The average Bonchev–Trinajstić information content (AvgIpc) is 3.68. The number of nitrogens with one attached hydrogen (secondary N) is 1. The number of methoxy groups -OCH3 is 2. The summed E-state index contributed by atoms with van der Waals surface area (Å²) in [5.41, 5.74) is 3.27. The maximum absolute atomic E-state index is 14.3. The third-order valence-electron chi connectivity index (χ3n) is 12.1. The Labute approximate surface area is 326 Å². The van der Waals surface area contributed by atoms with Crippen molar-refractivity contribution in [3.8, 4) is 17.2 Å². The molecule has 0 aromatic heterocycles. The SMILES string of the molecule is CCOc1ccc2c(c1)CC(NCCCCO)C(=O)N2c1ccc2c(c1)[C@H](OC)[C@@H](C)[C@H](C(CC(=O)N1CCC[C@H]1CO)[Si](C)(C)c1ccc(OC)cc1)O2. The largest absolute Gasteiger partial charge is 0.497 e. The molecule has 3 aliphatic heterocycles. The molecule has 3 heterocycles. The third-order valence-corrected chi connectivity index (χ3v) is 16.3. The van der Waals surface area contributed by atoms with E-state index in [9.17, 15) is 19.8 Å². The standard InChI is InChI=1S/C43H59N3O8Si/c1-7-53-33-15-18-37-29(23-33)24-36(44-20-8-9-22-47)43(50)46(37)30-12-19-38-35(25-30)41(52-4)28(2)42(54-38)39(26-40(49)45-21-10-11-31(45)27-48)55(5,6)34-16-13-32(51-3)14-17-34/h12-19,23,25,28,31,36,39,41-42,44,47-48H,7-11,20-22,24,26-27H2,1-6H3/t28-,31+,36?,39?,41-,42-/m1/s1. The zero-order chi connectivity index (χ0) is 39.3. The topological polar surface area (TPSA) is 130 Å². The number of fused-ring (bicyclic) bond motifs is 2. The van der Waals surface area contributed by atoms with E-state index in [0.29, 0.717) is 44.7 Å². The first-order valence-electron chi connectivity index (χ1n) is 19.9. The summed E-state index contributed by atoms with van der Waals surface area (Å²) < 4.78 is 24.7. The minimum absolute atomic E-state index is 0.0360. The zero-order valence-electron chi connectivity index (χ0n) is 33.3. The first kappa shape index (κ1) is 40.7. The van der Waals surface area contributed by atoms with E-state index in [4.69, 9.17) is 18.9 Å². The normalized spacial score (nSPS) is 22.8. The van der Waals surface area contributed by atoms with Gasteiger partial charge in [-0.1, -0.05) is 37.3 Å². The van der Waals surface area contributed by atoms with Crippen molar-refractivity contribution in [3.63, 3.8) is 0 Å². The maximum atomic E-state index is 14.3. The summed E-state index contributed by atoms with van der Waals surface area (Å²) in [7, 11) is 0.938. The van der Waals surface area contributed by atoms with Gasteiger partial charge in [0.05, 0.1) is 52.3 Å². The van der Waals surface area contributed by atoms with Gasteiger partial charge in [-0.2, -0.15) is 0 Å². The number of anilines is 2. The lowest BCUT2D eigenvalue weighted by molar-refractivity contribution is -0.133. The molecule has 1 saturated heterocycles. The number of amides is 2. The lowest BCUT2D eigenvalue weighted by atomic mass is 9.86. The number of hydrogen-bond donors (Lipinski definition) is 3. The van der Waals surface area contributed by atoms with E-state index in [1.165, 1.54) is 5.19 Å². The molecule has 2 amide bonds. The summed E-state index contributed by atoms with van der Waals surface area (Å²) in [6.07, 6.45) is 3.25. The Morgan fingerprint density at radius 3 is 2.49 bits per heavy atom. The van der Waals surface area contributed by atoms with Gasteiger partial charge in [0.15, 0.2) is 0 Å². The number of aliphatic hydroxyl groups is 2. The van der Waals surface area contributed by atoms with Crippen LogP contribution in [0.4, 0.5) is 11.4 Å². The lowest BCUT2D eigenvalue weighted by Gasteiger charge is -2.46. The summed E-state index contributed by atoms with van der Waals surface area (Å²) in [4.78, 5) is 32.1. The summed E-state index contributed by atoms with van der Waals surface area (Å²) >= 11 is 0. The molecule has 2 unspecified atom stereocenters. The van der Waals surface area contributed by atoms with Crippen LogP contribution < -0.4 is 29.6 Å². The molecule has 0 bridgehead atoms. The van der Waals surface area contributed by atoms with Gasteiger partial charge in [0.1, 0.15) is 23.4 Å². The van der Waals surface area contributed by atoms with Crippen LogP contribution in [0.1, 0.15) is 63.2 Å². The van der Waals surface area contributed by atoms with Crippen molar-refractivity contribution in [2.75, 3.05) is 52.0 Å². The van der Waals surface area contributed by atoms with Crippen LogP contribution in [0.2, 0.25) is 18.6 Å². The van der Waals surface area contributed by atoms with E-state index in [1.54, 1.807) is 19.1 Å². The van der Waals surface area contributed by atoms with Crippen molar-refractivity contribution >= 4 is 36.4 Å². The second-order valence-corrected chi connectivity index (χ2v) is 20.4. The van der Waals surface area contributed by atoms with Gasteiger partial charge in [0, 0.05) is 49.4 Å². The van der Waals surface area contributed by atoms with Crippen LogP contribution in [0.25, 0.3) is 0 Å². The molecule has 0 saturated carbocycles. The van der Waals surface area contributed by atoms with Gasteiger partial charge >= 0.3 is 0 Å². The molecule has 0 spiro atoms. The summed E-state index contributed by atoms with van der Waals surface area (Å²) in [5, 5.41) is 24.0. The first-order valence-corrected chi connectivity index (χ1v) is 23.0. The van der Waals surface area contributed by atoms with Gasteiger partial charge in [-0.3, -0.25) is 14.5 Å². The van der Waals surface area contributed by atoms with Crippen molar-refractivity contribution in [1.82, 2.24) is 10.2 Å². The zero-order valence-corrected chi connectivity index (χ0v) is 34.3. The van der Waals surface area contributed by atoms with Gasteiger partial charge in [-0.15, -0.1) is 0 Å². The number of benzene rings is 3. The summed E-state index contributed by atoms with van der Waals surface area (Å²) in [5.74, 6) is 2.09. The molecular weight excluding hydrogens is 715 g/mol. The molecular formula is C43H59N3O8Si. The van der Waals surface area contributed by atoms with E-state index in [-0.39, 0.29) is 54.7 Å². The van der Waals surface area contributed by atoms with E-state index in [0.717, 1.165) is 53.3 Å². The van der Waals surface area contributed by atoms with Crippen LogP contribution in [0.3, 0.4) is 0 Å². The van der Waals surface area contributed by atoms with Crippen LogP contribution >= 0.6 is 0 Å². The van der Waals surface area contributed by atoms with E-state index in [1.807, 2.05) is 60.4 Å². The number of aliphatic hydroxyl groups excluding tert-OH is 2. The number of ether oxygens (including phenoxy) is 4. The first-order chi connectivity index (χ1) is 26.6. The molecule has 3 N–H and O–H groups in total. The lowest BCUT2D eigenvalue weighted by Crippen LogP contribution is -2.55. The van der Waals surface area contributed by atoms with Crippen molar-refractivity contribution in [2.45, 2.75) is 95.3 Å². The molecule has 6 rings (SSSR count). The third kappa shape index (κ3) is 8.44. The fraction of sp³-hybridized carbons (Fsp3) is 0.535. The highest BCUT2D eigenvalue weighted by Crippen LogP contribution is 2.49. The van der Waals surface area contributed by atoms with E-state index >= 15 is 0 Å². The molecule has 0 aliphatic carbocycles. The van der Waals surface area contributed by atoms with Crippen molar-refractivity contribution in [3.05, 3.63) is 71.8 Å². The van der Waals surface area contributed by atoms with Gasteiger partial charge in [-0.05, 0) is 99.7 Å². The van der Waals surface area contributed by atoms with Crippen LogP contribution in [0, 0.1) is 5.92 Å². The van der Waals surface area contributed by atoms with Crippen molar-refractivity contribution in [1.29, 1.82) is 0 Å². The number of likely N-dealkylation sites (tertiary alicyclic amines) is 1. The molecule has 3 aromatic carbocycles. The van der Waals surface area contributed by atoms with E-state index in [2.05, 4.69) is 37.5 Å². The highest BCUT2D eigenvalue weighted by Gasteiger charge is 2.49. The number of carbonyl (C=O) groups excluding carboxylic acids is 2. The molecule has 0 radical (unpaired) electrons. The van der Waals surface area contributed by atoms with Crippen LogP contribution in [0.15, 0.2) is 60.7 Å². The number of carbonyl (C=O) groups is 2. The van der Waals surface area contributed by atoms with Crippen LogP contribution in [-0.2, 0) is 20.7 Å². The fourth-order valence-electron chi connectivity index (χ4n) is 8.90.